The van der Waals surface area contributed by atoms with Crippen molar-refractivity contribution in [2.45, 2.75) is 44.2 Å². The van der Waals surface area contributed by atoms with E-state index < -0.39 is 5.60 Å². The Bertz CT molecular complexity index is 977. The Morgan fingerprint density at radius 3 is 2.53 bits per heavy atom. The van der Waals surface area contributed by atoms with Gasteiger partial charge < -0.3 is 19.9 Å². The molecule has 1 saturated carbocycles. The second-order valence-corrected chi connectivity index (χ2v) is 9.08. The van der Waals surface area contributed by atoms with Gasteiger partial charge in [0.25, 0.3) is 11.5 Å². The van der Waals surface area contributed by atoms with E-state index in [4.69, 9.17) is 0 Å². The summed E-state index contributed by atoms with van der Waals surface area (Å²) in [6.07, 6.45) is 6.41. The Labute approximate surface area is 177 Å². The standard InChI is InChI=1S/C24H31N3O3/c1-26(2)22(29)20-15-27(21(28)14-19(20)18-8-4-3-5-9-18)17-24(30)12-13-25-16-23(24)10-6-7-11-23/h3-5,8-9,14-15,25,30H,6-7,10-13,16-17H2,1-2H3. The summed E-state index contributed by atoms with van der Waals surface area (Å²) < 4.78 is 1.55. The van der Waals surface area contributed by atoms with Crippen molar-refractivity contribution in [2.75, 3.05) is 27.2 Å². The Balaban J connectivity index is 1.78. The highest BCUT2D eigenvalue weighted by molar-refractivity contribution is 6.00. The molecule has 2 N–H and O–H groups in total. The number of pyridine rings is 1. The summed E-state index contributed by atoms with van der Waals surface area (Å²) in [7, 11) is 3.42. The largest absolute Gasteiger partial charge is 0.387 e. The van der Waals surface area contributed by atoms with Crippen molar-refractivity contribution in [2.24, 2.45) is 5.41 Å². The number of piperidine rings is 1. The van der Waals surface area contributed by atoms with Crippen LogP contribution in [0.5, 0.6) is 0 Å². The minimum Gasteiger partial charge on any atom is -0.387 e. The normalized spacial score (nSPS) is 22.9. The first-order valence-corrected chi connectivity index (χ1v) is 10.8. The van der Waals surface area contributed by atoms with Gasteiger partial charge in [0.15, 0.2) is 0 Å². The molecule has 6 nitrogen and oxygen atoms in total. The minimum absolute atomic E-state index is 0.157. The fraction of sp³-hybridized carbons (Fsp3) is 0.500. The van der Waals surface area contributed by atoms with Crippen molar-refractivity contribution in [3.63, 3.8) is 0 Å². The average molecular weight is 410 g/mol. The molecule has 0 bridgehead atoms. The lowest BCUT2D eigenvalue weighted by Crippen LogP contribution is -2.60. The van der Waals surface area contributed by atoms with Crippen molar-refractivity contribution < 1.29 is 9.90 Å². The van der Waals surface area contributed by atoms with Gasteiger partial charge in [-0.25, -0.2) is 0 Å². The van der Waals surface area contributed by atoms with Crippen LogP contribution in [0.3, 0.4) is 0 Å². The molecule has 30 heavy (non-hydrogen) atoms. The number of nitrogens with one attached hydrogen (secondary N) is 1. The fourth-order valence-corrected chi connectivity index (χ4v) is 5.24. The third-order valence-corrected chi connectivity index (χ3v) is 7.01. The summed E-state index contributed by atoms with van der Waals surface area (Å²) in [5, 5.41) is 15.2. The van der Waals surface area contributed by atoms with Crippen molar-refractivity contribution in [3.05, 3.63) is 58.5 Å². The van der Waals surface area contributed by atoms with Crippen molar-refractivity contribution in [1.82, 2.24) is 14.8 Å². The number of nitrogens with zero attached hydrogens (tertiary/aromatic N) is 2. The molecule has 1 aromatic heterocycles. The lowest BCUT2D eigenvalue weighted by atomic mass is 9.66. The molecule has 1 saturated heterocycles. The predicted molar refractivity (Wildman–Crippen MR) is 117 cm³/mol. The molecular weight excluding hydrogens is 378 g/mol. The van der Waals surface area contributed by atoms with Gasteiger partial charge in [-0.05, 0) is 31.4 Å². The van der Waals surface area contributed by atoms with E-state index in [9.17, 15) is 14.7 Å². The van der Waals surface area contributed by atoms with Gasteiger partial charge in [-0.3, -0.25) is 9.59 Å². The van der Waals surface area contributed by atoms with Gasteiger partial charge in [0.05, 0.1) is 17.7 Å². The van der Waals surface area contributed by atoms with E-state index in [1.54, 1.807) is 24.9 Å². The van der Waals surface area contributed by atoms with Crippen LogP contribution in [-0.2, 0) is 6.54 Å². The summed E-state index contributed by atoms with van der Waals surface area (Å²) in [5.74, 6) is -0.157. The van der Waals surface area contributed by atoms with Gasteiger partial charge in [-0.15, -0.1) is 0 Å². The second-order valence-electron chi connectivity index (χ2n) is 9.08. The molecule has 1 atom stereocenters. The van der Waals surface area contributed by atoms with E-state index >= 15 is 0 Å². The van der Waals surface area contributed by atoms with Gasteiger partial charge in [-0.1, -0.05) is 43.2 Å². The molecule has 6 heteroatoms. The van der Waals surface area contributed by atoms with Crippen LogP contribution in [-0.4, -0.2) is 53.3 Å². The SMILES string of the molecule is CN(C)C(=O)c1cn(CC2(O)CCNCC23CCCC3)c(=O)cc1-c1ccccc1. The molecule has 1 amide bonds. The van der Waals surface area contributed by atoms with Gasteiger partial charge in [0.1, 0.15) is 0 Å². The number of hydrogen-bond donors (Lipinski definition) is 2. The first-order chi connectivity index (χ1) is 14.4. The number of amides is 1. The van der Waals surface area contributed by atoms with E-state index in [0.29, 0.717) is 17.5 Å². The summed E-state index contributed by atoms with van der Waals surface area (Å²) >= 11 is 0. The monoisotopic (exact) mass is 409 g/mol. The molecule has 4 rings (SSSR count). The summed E-state index contributed by atoms with van der Waals surface area (Å²) in [6.45, 7) is 1.73. The van der Waals surface area contributed by atoms with E-state index in [1.165, 1.54) is 11.0 Å². The van der Waals surface area contributed by atoms with Crippen LogP contribution in [0.2, 0.25) is 0 Å². The van der Waals surface area contributed by atoms with Crippen molar-refractivity contribution >= 4 is 5.91 Å². The van der Waals surface area contributed by atoms with Crippen molar-refractivity contribution in [3.8, 4) is 11.1 Å². The first kappa shape index (κ1) is 20.8. The Hall–Kier alpha value is -2.44. The van der Waals surface area contributed by atoms with E-state index in [1.807, 2.05) is 30.3 Å². The Kier molecular flexibility index (Phi) is 5.55. The van der Waals surface area contributed by atoms with Crippen molar-refractivity contribution in [1.29, 1.82) is 0 Å². The van der Waals surface area contributed by atoms with Crippen LogP contribution in [0.4, 0.5) is 0 Å². The van der Waals surface area contributed by atoms with Gasteiger partial charge in [0.2, 0.25) is 0 Å². The lowest BCUT2D eigenvalue weighted by molar-refractivity contribution is -0.115. The zero-order valence-corrected chi connectivity index (χ0v) is 17.9. The van der Waals surface area contributed by atoms with E-state index in [0.717, 1.165) is 44.3 Å². The molecule has 1 unspecified atom stereocenters. The maximum Gasteiger partial charge on any atom is 0.255 e. The van der Waals surface area contributed by atoms with Gasteiger partial charge in [-0.2, -0.15) is 0 Å². The topological polar surface area (TPSA) is 74.6 Å². The number of rotatable bonds is 4. The van der Waals surface area contributed by atoms with E-state index in [2.05, 4.69) is 5.32 Å². The maximum absolute atomic E-state index is 13.1. The summed E-state index contributed by atoms with van der Waals surface area (Å²) in [4.78, 5) is 27.6. The number of aromatic nitrogens is 1. The zero-order valence-electron chi connectivity index (χ0n) is 17.9. The Morgan fingerprint density at radius 1 is 1.17 bits per heavy atom. The molecule has 2 heterocycles. The number of carbonyl (C=O) groups excluding carboxylic acids is 1. The molecular formula is C24H31N3O3. The van der Waals surface area contributed by atoms with Crippen LogP contribution in [0, 0.1) is 5.41 Å². The molecule has 1 aliphatic carbocycles. The van der Waals surface area contributed by atoms with Crippen LogP contribution in [0.1, 0.15) is 42.5 Å². The third kappa shape index (κ3) is 3.59. The summed E-state index contributed by atoms with van der Waals surface area (Å²) in [5.41, 5.74) is 0.594. The highest BCUT2D eigenvalue weighted by Gasteiger charge is 2.53. The zero-order chi connectivity index (χ0) is 21.4. The minimum atomic E-state index is -0.953. The highest BCUT2D eigenvalue weighted by Crippen LogP contribution is 2.49. The molecule has 1 spiro atoms. The van der Waals surface area contributed by atoms with Crippen LogP contribution in [0.25, 0.3) is 11.1 Å². The highest BCUT2D eigenvalue weighted by atomic mass is 16.3. The quantitative estimate of drug-likeness (QED) is 0.814. The number of aliphatic hydroxyl groups is 1. The molecule has 1 aromatic carbocycles. The first-order valence-electron chi connectivity index (χ1n) is 10.8. The Morgan fingerprint density at radius 2 is 1.87 bits per heavy atom. The van der Waals surface area contributed by atoms with Gasteiger partial charge >= 0.3 is 0 Å². The molecule has 160 valence electrons. The van der Waals surface area contributed by atoms with E-state index in [-0.39, 0.29) is 23.4 Å². The van der Waals surface area contributed by atoms with Crippen LogP contribution < -0.4 is 10.9 Å². The molecule has 0 radical (unpaired) electrons. The summed E-state index contributed by atoms with van der Waals surface area (Å²) in [6, 6.07) is 11.0. The molecule has 1 aliphatic heterocycles. The third-order valence-electron chi connectivity index (χ3n) is 7.01. The molecule has 2 fully saturated rings. The number of benzene rings is 1. The average Bonchev–Trinajstić information content (AvgIpc) is 3.22. The van der Waals surface area contributed by atoms with Crippen LogP contribution >= 0.6 is 0 Å². The van der Waals surface area contributed by atoms with Crippen LogP contribution in [0.15, 0.2) is 47.4 Å². The maximum atomic E-state index is 13.1. The smallest absolute Gasteiger partial charge is 0.255 e. The second kappa shape index (κ2) is 8.00. The molecule has 2 aromatic rings. The van der Waals surface area contributed by atoms with Gasteiger partial charge in [0, 0.05) is 43.9 Å². The predicted octanol–water partition coefficient (Wildman–Crippen LogP) is 2.50. The number of hydrogen-bond acceptors (Lipinski definition) is 4. The number of carbonyl (C=O) groups is 1. The lowest BCUT2D eigenvalue weighted by Gasteiger charge is -2.49. The molecule has 2 aliphatic rings. The fourth-order valence-electron chi connectivity index (χ4n) is 5.24.